The van der Waals surface area contributed by atoms with E-state index in [0.717, 1.165) is 5.56 Å². The fraction of sp³-hybridized carbons (Fsp3) is 0.467. The Morgan fingerprint density at radius 3 is 2.67 bits per heavy atom. The number of methoxy groups -OCH3 is 1. The molecule has 0 saturated carbocycles. The van der Waals surface area contributed by atoms with Crippen LogP contribution in [0, 0.1) is 0 Å². The Balaban J connectivity index is 1.95. The Morgan fingerprint density at radius 1 is 1.33 bits per heavy atom. The maximum absolute atomic E-state index is 12.1. The molecule has 1 aromatic carbocycles. The minimum Gasteiger partial charge on any atom is -0.480 e. The van der Waals surface area contributed by atoms with Crippen molar-refractivity contribution < 1.29 is 24.2 Å². The Hall–Kier alpha value is -2.08. The molecule has 1 aliphatic rings. The Labute approximate surface area is 123 Å². The average Bonchev–Trinajstić information content (AvgIpc) is 2.52. The van der Waals surface area contributed by atoms with Crippen LogP contribution in [0.3, 0.4) is 0 Å². The molecule has 6 heteroatoms. The molecule has 0 aliphatic carbocycles. The van der Waals surface area contributed by atoms with E-state index in [9.17, 15) is 14.7 Å². The van der Waals surface area contributed by atoms with Gasteiger partial charge in [-0.05, 0) is 12.0 Å². The van der Waals surface area contributed by atoms with Crippen molar-refractivity contribution in [1.29, 1.82) is 0 Å². The third-order valence-electron chi connectivity index (χ3n) is 3.61. The van der Waals surface area contributed by atoms with Crippen LogP contribution in [0.1, 0.15) is 18.4 Å². The van der Waals surface area contributed by atoms with Crippen LogP contribution in [-0.4, -0.2) is 47.9 Å². The first-order valence-corrected chi connectivity index (χ1v) is 6.84. The molecule has 2 rings (SSSR count). The fourth-order valence-electron chi connectivity index (χ4n) is 2.40. The van der Waals surface area contributed by atoms with Crippen molar-refractivity contribution in [3.8, 4) is 0 Å². The largest absolute Gasteiger partial charge is 0.480 e. The van der Waals surface area contributed by atoms with E-state index in [1.54, 1.807) is 7.11 Å². The van der Waals surface area contributed by atoms with Crippen LogP contribution in [0.2, 0.25) is 0 Å². The summed E-state index contributed by atoms with van der Waals surface area (Å²) in [7, 11) is 1.55. The smallest absolute Gasteiger partial charge is 0.410 e. The second-order valence-corrected chi connectivity index (χ2v) is 4.97. The van der Waals surface area contributed by atoms with Gasteiger partial charge >= 0.3 is 12.1 Å². The number of carbonyl (C=O) groups excluding carboxylic acids is 1. The molecule has 0 aromatic heterocycles. The van der Waals surface area contributed by atoms with Gasteiger partial charge < -0.3 is 14.6 Å². The molecule has 1 heterocycles. The monoisotopic (exact) mass is 293 g/mol. The number of benzene rings is 1. The van der Waals surface area contributed by atoms with E-state index < -0.39 is 18.1 Å². The molecule has 0 radical (unpaired) electrons. The number of amides is 1. The zero-order valence-electron chi connectivity index (χ0n) is 11.9. The Morgan fingerprint density at radius 2 is 2.05 bits per heavy atom. The van der Waals surface area contributed by atoms with Crippen molar-refractivity contribution in [3.63, 3.8) is 0 Å². The predicted octanol–water partition coefficient (Wildman–Crippen LogP) is 1.89. The third-order valence-corrected chi connectivity index (χ3v) is 3.61. The Bertz CT molecular complexity index is 490. The number of hydrogen-bond donors (Lipinski definition) is 1. The van der Waals surface area contributed by atoms with E-state index in [2.05, 4.69) is 0 Å². The SMILES string of the molecule is CO[C@@H]1CCN(C(=O)OCc2ccccc2)[C@H](C(=O)O)C1. The fourth-order valence-corrected chi connectivity index (χ4v) is 2.40. The highest BCUT2D eigenvalue weighted by atomic mass is 16.6. The number of aliphatic carboxylic acids is 1. The summed E-state index contributed by atoms with van der Waals surface area (Å²) in [6.45, 7) is 0.458. The van der Waals surface area contributed by atoms with Gasteiger partial charge in [-0.15, -0.1) is 0 Å². The average molecular weight is 293 g/mol. The number of carboxylic acids is 1. The maximum Gasteiger partial charge on any atom is 0.410 e. The third kappa shape index (κ3) is 3.95. The summed E-state index contributed by atoms with van der Waals surface area (Å²) in [6, 6.07) is 8.38. The van der Waals surface area contributed by atoms with Crippen LogP contribution in [0.4, 0.5) is 4.79 Å². The molecule has 2 atom stereocenters. The zero-order valence-corrected chi connectivity index (χ0v) is 11.9. The number of nitrogens with zero attached hydrogens (tertiary/aromatic N) is 1. The number of ether oxygens (including phenoxy) is 2. The van der Waals surface area contributed by atoms with Gasteiger partial charge in [-0.1, -0.05) is 30.3 Å². The lowest BCUT2D eigenvalue weighted by Crippen LogP contribution is -2.51. The molecule has 1 saturated heterocycles. The lowest BCUT2D eigenvalue weighted by Gasteiger charge is -2.35. The van der Waals surface area contributed by atoms with Crippen LogP contribution in [-0.2, 0) is 20.9 Å². The van der Waals surface area contributed by atoms with E-state index in [-0.39, 0.29) is 19.1 Å². The van der Waals surface area contributed by atoms with Crippen LogP contribution in [0.25, 0.3) is 0 Å². The molecular formula is C15H19NO5. The lowest BCUT2D eigenvalue weighted by molar-refractivity contribution is -0.146. The van der Waals surface area contributed by atoms with Gasteiger partial charge in [0.1, 0.15) is 12.6 Å². The molecule has 1 amide bonds. The van der Waals surface area contributed by atoms with E-state index in [0.29, 0.717) is 13.0 Å². The van der Waals surface area contributed by atoms with Crippen LogP contribution in [0.15, 0.2) is 30.3 Å². The van der Waals surface area contributed by atoms with E-state index >= 15 is 0 Å². The summed E-state index contributed by atoms with van der Waals surface area (Å²) in [6.07, 6.45) is 0.164. The van der Waals surface area contributed by atoms with Crippen molar-refractivity contribution >= 4 is 12.1 Å². The van der Waals surface area contributed by atoms with Crippen molar-refractivity contribution in [2.24, 2.45) is 0 Å². The molecule has 114 valence electrons. The number of carbonyl (C=O) groups is 2. The Kier molecular flexibility index (Phi) is 5.16. The molecule has 21 heavy (non-hydrogen) atoms. The highest BCUT2D eigenvalue weighted by Gasteiger charge is 2.37. The summed E-state index contributed by atoms with van der Waals surface area (Å²) in [5, 5.41) is 9.25. The summed E-state index contributed by atoms with van der Waals surface area (Å²) < 4.78 is 10.4. The van der Waals surface area contributed by atoms with Gasteiger partial charge in [0.15, 0.2) is 0 Å². The number of likely N-dealkylation sites (tertiary alicyclic amines) is 1. The summed E-state index contributed by atoms with van der Waals surface area (Å²) >= 11 is 0. The summed E-state index contributed by atoms with van der Waals surface area (Å²) in [5.74, 6) is -1.03. The molecule has 6 nitrogen and oxygen atoms in total. The van der Waals surface area contributed by atoms with E-state index in [1.165, 1.54) is 4.90 Å². The van der Waals surface area contributed by atoms with E-state index in [4.69, 9.17) is 9.47 Å². The molecule has 1 aromatic rings. The second-order valence-electron chi connectivity index (χ2n) is 4.97. The number of piperidine rings is 1. The van der Waals surface area contributed by atoms with Crippen LogP contribution in [0.5, 0.6) is 0 Å². The summed E-state index contributed by atoms with van der Waals surface area (Å²) in [4.78, 5) is 24.6. The highest BCUT2D eigenvalue weighted by Crippen LogP contribution is 2.21. The minimum atomic E-state index is -1.03. The maximum atomic E-state index is 12.1. The topological polar surface area (TPSA) is 76.1 Å². The first kappa shape index (κ1) is 15.3. The molecular weight excluding hydrogens is 274 g/mol. The van der Waals surface area contributed by atoms with Crippen LogP contribution >= 0.6 is 0 Å². The summed E-state index contributed by atoms with van der Waals surface area (Å²) in [5.41, 5.74) is 0.865. The van der Waals surface area contributed by atoms with Gasteiger partial charge in [-0.25, -0.2) is 9.59 Å². The number of hydrogen-bond acceptors (Lipinski definition) is 4. The first-order chi connectivity index (χ1) is 10.1. The molecule has 0 spiro atoms. The first-order valence-electron chi connectivity index (χ1n) is 6.84. The van der Waals surface area contributed by atoms with Crippen molar-refractivity contribution in [3.05, 3.63) is 35.9 Å². The normalized spacial score (nSPS) is 21.9. The quantitative estimate of drug-likeness (QED) is 0.917. The van der Waals surface area contributed by atoms with E-state index in [1.807, 2.05) is 30.3 Å². The molecule has 1 aliphatic heterocycles. The standard InChI is InChI=1S/C15H19NO5/c1-20-12-7-8-16(13(9-12)14(17)18)15(19)21-10-11-5-3-2-4-6-11/h2-6,12-13H,7-10H2,1H3,(H,17,18)/t12-,13+/m1/s1. The van der Waals surface area contributed by atoms with Gasteiger partial charge in [0.05, 0.1) is 6.10 Å². The van der Waals surface area contributed by atoms with Crippen molar-refractivity contribution in [2.75, 3.05) is 13.7 Å². The second kappa shape index (κ2) is 7.08. The lowest BCUT2D eigenvalue weighted by atomic mass is 10.00. The van der Waals surface area contributed by atoms with Crippen molar-refractivity contribution in [2.45, 2.75) is 31.6 Å². The molecule has 0 bridgehead atoms. The molecule has 1 fully saturated rings. The van der Waals surface area contributed by atoms with Gasteiger partial charge in [0, 0.05) is 20.1 Å². The van der Waals surface area contributed by atoms with Gasteiger partial charge in [-0.3, -0.25) is 4.90 Å². The highest BCUT2D eigenvalue weighted by molar-refractivity contribution is 5.80. The van der Waals surface area contributed by atoms with Gasteiger partial charge in [0.25, 0.3) is 0 Å². The zero-order chi connectivity index (χ0) is 15.2. The molecule has 0 unspecified atom stereocenters. The van der Waals surface area contributed by atoms with Gasteiger partial charge in [0.2, 0.25) is 0 Å². The number of carboxylic acid groups (broad SMARTS) is 1. The van der Waals surface area contributed by atoms with Crippen molar-refractivity contribution in [1.82, 2.24) is 4.90 Å². The number of rotatable bonds is 4. The predicted molar refractivity (Wildman–Crippen MR) is 74.8 cm³/mol. The van der Waals surface area contributed by atoms with Gasteiger partial charge in [-0.2, -0.15) is 0 Å². The molecule has 1 N–H and O–H groups in total. The van der Waals surface area contributed by atoms with Crippen LogP contribution < -0.4 is 0 Å². The minimum absolute atomic E-state index is 0.135.